The maximum Gasteiger partial charge on any atom is 0.0555 e. The molecule has 0 radical (unpaired) electrons. The van der Waals surface area contributed by atoms with E-state index in [9.17, 15) is 5.11 Å². The molecule has 0 spiro atoms. The lowest BCUT2D eigenvalue weighted by Gasteiger charge is -2.46. The molecule has 0 aliphatic heterocycles. The summed E-state index contributed by atoms with van der Waals surface area (Å²) in [6.45, 7) is 9.17. The summed E-state index contributed by atoms with van der Waals surface area (Å²) in [6.07, 6.45) is 2.96. The van der Waals surface area contributed by atoms with Crippen LogP contribution >= 0.6 is 0 Å². The van der Waals surface area contributed by atoms with E-state index < -0.39 is 0 Å². The summed E-state index contributed by atoms with van der Waals surface area (Å²) in [7, 11) is 6.44. The van der Waals surface area contributed by atoms with Gasteiger partial charge in [-0.15, -0.1) is 0 Å². The van der Waals surface area contributed by atoms with Crippen LogP contribution in [0, 0.1) is 11.3 Å². The van der Waals surface area contributed by atoms with Crippen molar-refractivity contribution in [2.75, 3.05) is 34.2 Å². The van der Waals surface area contributed by atoms with Gasteiger partial charge < -0.3 is 14.9 Å². The minimum Gasteiger partial charge on any atom is -0.393 e. The van der Waals surface area contributed by atoms with Gasteiger partial charge in [-0.05, 0) is 51.7 Å². The number of nitrogens with zero attached hydrogens (tertiary/aromatic N) is 2. The van der Waals surface area contributed by atoms with Crippen LogP contribution in [0.1, 0.15) is 40.0 Å². The van der Waals surface area contributed by atoms with Gasteiger partial charge in [-0.25, -0.2) is 0 Å². The normalized spacial score (nSPS) is 30.2. The van der Waals surface area contributed by atoms with Gasteiger partial charge in [-0.1, -0.05) is 20.8 Å². The molecule has 1 saturated carbocycles. The molecule has 0 amide bonds. The molecule has 0 bridgehead atoms. The molecule has 1 fully saturated rings. The van der Waals surface area contributed by atoms with Crippen molar-refractivity contribution in [1.82, 2.24) is 9.80 Å². The second kappa shape index (κ2) is 6.36. The van der Waals surface area contributed by atoms with E-state index in [1.54, 1.807) is 0 Å². The molecule has 1 aliphatic carbocycles. The zero-order valence-corrected chi connectivity index (χ0v) is 13.1. The van der Waals surface area contributed by atoms with Crippen LogP contribution < -0.4 is 0 Å². The molecule has 18 heavy (non-hydrogen) atoms. The Hall–Kier alpha value is -0.120. The Morgan fingerprint density at radius 2 is 1.67 bits per heavy atom. The molecule has 108 valence electrons. The smallest absolute Gasteiger partial charge is 0.0555 e. The van der Waals surface area contributed by atoms with Crippen LogP contribution in [0.5, 0.6) is 0 Å². The molecule has 1 aliphatic rings. The predicted molar refractivity (Wildman–Crippen MR) is 77.8 cm³/mol. The zero-order chi connectivity index (χ0) is 13.9. The largest absolute Gasteiger partial charge is 0.393 e. The molecule has 3 nitrogen and oxygen atoms in total. The monoisotopic (exact) mass is 256 g/mol. The topological polar surface area (TPSA) is 26.7 Å². The van der Waals surface area contributed by atoms with E-state index in [-0.39, 0.29) is 6.10 Å². The standard InChI is InChI=1S/C15H32N2O/c1-15(2,3)13-8-7-12(18)11-14(13)17(6)10-9-16(4)5/h12-14,18H,7-11H2,1-6H3. The third kappa shape index (κ3) is 4.52. The summed E-state index contributed by atoms with van der Waals surface area (Å²) in [6, 6.07) is 0.522. The molecule has 0 aromatic carbocycles. The molecule has 1 N–H and O–H groups in total. The van der Waals surface area contributed by atoms with Crippen molar-refractivity contribution in [1.29, 1.82) is 0 Å². The van der Waals surface area contributed by atoms with Crippen molar-refractivity contribution in [3.63, 3.8) is 0 Å². The maximum absolute atomic E-state index is 9.95. The number of aliphatic hydroxyl groups excluding tert-OH is 1. The van der Waals surface area contributed by atoms with Crippen molar-refractivity contribution in [3.05, 3.63) is 0 Å². The summed E-state index contributed by atoms with van der Waals surface area (Å²) in [5.41, 5.74) is 0.331. The van der Waals surface area contributed by atoms with Crippen LogP contribution in [-0.2, 0) is 0 Å². The summed E-state index contributed by atoms with van der Waals surface area (Å²) < 4.78 is 0. The highest BCUT2D eigenvalue weighted by Crippen LogP contribution is 2.40. The van der Waals surface area contributed by atoms with Gasteiger partial charge in [0.2, 0.25) is 0 Å². The summed E-state index contributed by atoms with van der Waals surface area (Å²) in [5.74, 6) is 0.688. The van der Waals surface area contributed by atoms with Gasteiger partial charge in [0.25, 0.3) is 0 Å². The van der Waals surface area contributed by atoms with Gasteiger partial charge in [0.15, 0.2) is 0 Å². The van der Waals surface area contributed by atoms with Crippen LogP contribution in [0.4, 0.5) is 0 Å². The fourth-order valence-corrected chi connectivity index (χ4v) is 3.15. The van der Waals surface area contributed by atoms with Crippen molar-refractivity contribution in [2.24, 2.45) is 11.3 Å². The van der Waals surface area contributed by atoms with Gasteiger partial charge >= 0.3 is 0 Å². The van der Waals surface area contributed by atoms with Crippen LogP contribution in [0.3, 0.4) is 0 Å². The molecular formula is C15H32N2O. The molecule has 0 aromatic heterocycles. The van der Waals surface area contributed by atoms with E-state index in [4.69, 9.17) is 0 Å². The average molecular weight is 256 g/mol. The second-order valence-corrected chi connectivity index (χ2v) is 7.29. The van der Waals surface area contributed by atoms with E-state index in [0.29, 0.717) is 17.4 Å². The Bertz CT molecular complexity index is 247. The molecule has 0 aromatic rings. The molecule has 3 unspecified atom stereocenters. The number of aliphatic hydroxyl groups is 1. The van der Waals surface area contributed by atoms with Gasteiger partial charge in [0.05, 0.1) is 6.10 Å². The SMILES string of the molecule is CN(C)CCN(C)C1CC(O)CCC1C(C)(C)C. The first-order valence-electron chi connectivity index (χ1n) is 7.25. The molecule has 1 rings (SSSR count). The van der Waals surface area contributed by atoms with Crippen LogP contribution in [0.2, 0.25) is 0 Å². The van der Waals surface area contributed by atoms with Gasteiger partial charge in [-0.2, -0.15) is 0 Å². The Balaban J connectivity index is 2.66. The predicted octanol–water partition coefficient (Wildman–Crippen LogP) is 2.06. The van der Waals surface area contributed by atoms with E-state index >= 15 is 0 Å². The lowest BCUT2D eigenvalue weighted by molar-refractivity contribution is -0.00351. The highest BCUT2D eigenvalue weighted by molar-refractivity contribution is 4.91. The molecular weight excluding hydrogens is 224 g/mol. The highest BCUT2D eigenvalue weighted by atomic mass is 16.3. The van der Waals surface area contributed by atoms with Gasteiger partial charge in [0.1, 0.15) is 0 Å². The Kier molecular flexibility index (Phi) is 5.63. The molecule has 0 heterocycles. The van der Waals surface area contributed by atoms with E-state index in [1.807, 2.05) is 0 Å². The average Bonchev–Trinajstić information content (AvgIpc) is 2.23. The van der Waals surface area contributed by atoms with Crippen molar-refractivity contribution >= 4 is 0 Å². The number of likely N-dealkylation sites (N-methyl/N-ethyl adjacent to an activating group) is 2. The lowest BCUT2D eigenvalue weighted by atomic mass is 9.68. The third-order valence-corrected chi connectivity index (χ3v) is 4.37. The number of rotatable bonds is 4. The Labute approximate surface area is 113 Å². The first-order chi connectivity index (χ1) is 8.21. The fourth-order valence-electron chi connectivity index (χ4n) is 3.15. The van der Waals surface area contributed by atoms with Gasteiger partial charge in [-0.3, -0.25) is 0 Å². The molecule has 3 heteroatoms. The van der Waals surface area contributed by atoms with Crippen LogP contribution in [0.15, 0.2) is 0 Å². The van der Waals surface area contributed by atoms with Crippen LogP contribution in [-0.4, -0.2) is 61.3 Å². The Morgan fingerprint density at radius 3 is 2.17 bits per heavy atom. The second-order valence-electron chi connectivity index (χ2n) is 7.29. The highest BCUT2D eigenvalue weighted by Gasteiger charge is 2.38. The first kappa shape index (κ1) is 15.9. The first-order valence-corrected chi connectivity index (χ1v) is 7.25. The molecule has 3 atom stereocenters. The van der Waals surface area contributed by atoms with Gasteiger partial charge in [0, 0.05) is 19.1 Å². The lowest BCUT2D eigenvalue weighted by Crippen LogP contribution is -2.49. The Morgan fingerprint density at radius 1 is 1.06 bits per heavy atom. The third-order valence-electron chi connectivity index (χ3n) is 4.37. The number of hydrogen-bond donors (Lipinski definition) is 1. The quantitative estimate of drug-likeness (QED) is 0.834. The van der Waals surface area contributed by atoms with E-state index in [0.717, 1.165) is 32.4 Å². The maximum atomic E-state index is 9.95. The summed E-state index contributed by atoms with van der Waals surface area (Å²) in [4.78, 5) is 4.68. The van der Waals surface area contributed by atoms with Crippen LogP contribution in [0.25, 0.3) is 0 Å². The van der Waals surface area contributed by atoms with Crippen molar-refractivity contribution in [3.8, 4) is 0 Å². The summed E-state index contributed by atoms with van der Waals surface area (Å²) in [5, 5.41) is 9.95. The minimum atomic E-state index is -0.101. The van der Waals surface area contributed by atoms with Crippen molar-refractivity contribution in [2.45, 2.75) is 52.2 Å². The zero-order valence-electron chi connectivity index (χ0n) is 13.1. The minimum absolute atomic E-state index is 0.101. The molecule has 0 saturated heterocycles. The van der Waals surface area contributed by atoms with E-state index in [2.05, 4.69) is 51.7 Å². The van der Waals surface area contributed by atoms with E-state index in [1.165, 1.54) is 0 Å². The summed E-state index contributed by atoms with van der Waals surface area (Å²) >= 11 is 0. The van der Waals surface area contributed by atoms with Crippen molar-refractivity contribution < 1.29 is 5.11 Å². The number of hydrogen-bond acceptors (Lipinski definition) is 3. The fraction of sp³-hybridized carbons (Fsp3) is 1.00.